The molecule has 18 heavy (non-hydrogen) atoms. The van der Waals surface area contributed by atoms with Crippen molar-refractivity contribution in [2.24, 2.45) is 5.92 Å². The molecule has 0 aromatic carbocycles. The fraction of sp³-hybridized carbons (Fsp3) is 0.933. The number of carbonyl (C=O) groups excluding carboxylic acids is 1. The van der Waals surface area contributed by atoms with E-state index in [4.69, 9.17) is 0 Å². The highest BCUT2D eigenvalue weighted by molar-refractivity contribution is 5.80. The summed E-state index contributed by atoms with van der Waals surface area (Å²) >= 11 is 0. The van der Waals surface area contributed by atoms with Gasteiger partial charge in [0.25, 0.3) is 0 Å². The van der Waals surface area contributed by atoms with Gasteiger partial charge in [-0.15, -0.1) is 0 Å². The topological polar surface area (TPSA) is 23.6 Å². The van der Waals surface area contributed by atoms with E-state index in [0.717, 1.165) is 26.2 Å². The van der Waals surface area contributed by atoms with Crippen LogP contribution >= 0.6 is 0 Å². The van der Waals surface area contributed by atoms with Crippen LogP contribution in [0.4, 0.5) is 0 Å². The van der Waals surface area contributed by atoms with E-state index < -0.39 is 0 Å². The van der Waals surface area contributed by atoms with Crippen LogP contribution in [0, 0.1) is 5.92 Å². The Hall–Kier alpha value is -0.570. The van der Waals surface area contributed by atoms with Gasteiger partial charge < -0.3 is 4.90 Å². The quantitative estimate of drug-likeness (QED) is 0.758. The van der Waals surface area contributed by atoms with Crippen molar-refractivity contribution in [3.63, 3.8) is 0 Å². The lowest BCUT2D eigenvalue weighted by Crippen LogP contribution is -2.56. The van der Waals surface area contributed by atoms with Gasteiger partial charge in [-0.25, -0.2) is 0 Å². The number of amides is 1. The lowest BCUT2D eigenvalue weighted by molar-refractivity contribution is -0.140. The van der Waals surface area contributed by atoms with Crippen LogP contribution in [-0.2, 0) is 4.79 Å². The summed E-state index contributed by atoms with van der Waals surface area (Å²) in [6.07, 6.45) is 2.40. The highest BCUT2D eigenvalue weighted by Crippen LogP contribution is 2.22. The van der Waals surface area contributed by atoms with Gasteiger partial charge in [-0.1, -0.05) is 27.7 Å². The lowest BCUT2D eigenvalue weighted by Gasteiger charge is -2.42. The molecule has 3 heteroatoms. The first-order chi connectivity index (χ1) is 8.68. The third-order valence-corrected chi connectivity index (χ3v) is 3.41. The van der Waals surface area contributed by atoms with Crippen molar-refractivity contribution in [2.45, 2.75) is 60.4 Å². The third-order valence-electron chi connectivity index (χ3n) is 3.41. The van der Waals surface area contributed by atoms with Crippen LogP contribution in [0.2, 0.25) is 0 Å². The number of hydrogen-bond acceptors (Lipinski definition) is 2. The molecule has 2 aliphatic heterocycles. The van der Waals surface area contributed by atoms with E-state index >= 15 is 0 Å². The maximum Gasteiger partial charge on any atom is 0.228 e. The van der Waals surface area contributed by atoms with E-state index in [1.165, 1.54) is 12.8 Å². The van der Waals surface area contributed by atoms with Crippen molar-refractivity contribution in [3.05, 3.63) is 0 Å². The maximum atomic E-state index is 11.9. The summed E-state index contributed by atoms with van der Waals surface area (Å²) in [6.45, 7) is 16.3. The zero-order valence-corrected chi connectivity index (χ0v) is 13.2. The Balaban J connectivity index is 0.000000659. The molecule has 3 nitrogen and oxygen atoms in total. The predicted molar refractivity (Wildman–Crippen MR) is 78.7 cm³/mol. The van der Waals surface area contributed by atoms with Crippen molar-refractivity contribution in [1.29, 1.82) is 0 Å². The van der Waals surface area contributed by atoms with Gasteiger partial charge >= 0.3 is 0 Å². The second-order valence-electron chi connectivity index (χ2n) is 4.78. The first kappa shape index (κ1) is 17.4. The number of likely N-dealkylation sites (tertiary alicyclic amines) is 2. The van der Waals surface area contributed by atoms with E-state index in [2.05, 4.69) is 18.7 Å². The molecule has 108 valence electrons. The fourth-order valence-corrected chi connectivity index (χ4v) is 2.29. The van der Waals surface area contributed by atoms with E-state index in [0.29, 0.717) is 17.9 Å². The summed E-state index contributed by atoms with van der Waals surface area (Å²) in [5.74, 6) is 0.704. The number of hydrogen-bond donors (Lipinski definition) is 0. The van der Waals surface area contributed by atoms with Gasteiger partial charge in [-0.2, -0.15) is 0 Å². The molecule has 1 amide bonds. The fourth-order valence-electron chi connectivity index (χ4n) is 2.29. The minimum absolute atomic E-state index is 0.301. The van der Waals surface area contributed by atoms with Crippen LogP contribution in [0.15, 0.2) is 0 Å². The van der Waals surface area contributed by atoms with Gasteiger partial charge in [0.1, 0.15) is 0 Å². The summed E-state index contributed by atoms with van der Waals surface area (Å²) < 4.78 is 0. The van der Waals surface area contributed by atoms with E-state index in [1.807, 2.05) is 32.6 Å². The van der Waals surface area contributed by atoms with Crippen LogP contribution in [0.3, 0.4) is 0 Å². The van der Waals surface area contributed by atoms with Crippen LogP contribution < -0.4 is 0 Å². The smallest absolute Gasteiger partial charge is 0.228 e. The summed E-state index contributed by atoms with van der Waals surface area (Å²) in [7, 11) is 0. The van der Waals surface area contributed by atoms with Crippen molar-refractivity contribution >= 4 is 5.91 Å². The Morgan fingerprint density at radius 2 is 1.44 bits per heavy atom. The molecule has 2 aliphatic rings. The van der Waals surface area contributed by atoms with Crippen LogP contribution in [0.1, 0.15) is 54.4 Å². The van der Waals surface area contributed by atoms with Crippen molar-refractivity contribution < 1.29 is 4.79 Å². The molecule has 2 rings (SSSR count). The summed E-state index contributed by atoms with van der Waals surface area (Å²) in [6, 6.07) is 0.595. The molecule has 0 saturated carbocycles. The average molecular weight is 256 g/mol. The lowest BCUT2D eigenvalue weighted by atomic mass is 9.97. The minimum Gasteiger partial charge on any atom is -0.342 e. The van der Waals surface area contributed by atoms with Crippen LogP contribution in [0.5, 0.6) is 0 Å². The Morgan fingerprint density at radius 1 is 1.00 bits per heavy atom. The molecule has 2 fully saturated rings. The summed E-state index contributed by atoms with van der Waals surface area (Å²) in [5, 5.41) is 0. The number of carbonyl (C=O) groups is 1. The van der Waals surface area contributed by atoms with Crippen molar-refractivity contribution in [3.8, 4) is 0 Å². The van der Waals surface area contributed by atoms with E-state index in [9.17, 15) is 4.79 Å². The normalized spacial score (nSPS) is 19.6. The van der Waals surface area contributed by atoms with E-state index in [-0.39, 0.29) is 0 Å². The Bertz CT molecular complexity index is 217. The van der Waals surface area contributed by atoms with Gasteiger partial charge in [0.05, 0.1) is 5.92 Å². The molecule has 0 spiro atoms. The Morgan fingerprint density at radius 3 is 1.83 bits per heavy atom. The van der Waals surface area contributed by atoms with Crippen molar-refractivity contribution in [2.75, 3.05) is 26.2 Å². The SMILES string of the molecule is CC.CC.CC(C)N1CC(C(=O)N2CCCC2)C1. The molecule has 2 saturated heterocycles. The maximum absolute atomic E-state index is 11.9. The molecule has 0 radical (unpaired) electrons. The first-order valence-corrected chi connectivity index (χ1v) is 7.71. The molecule has 0 atom stereocenters. The zero-order chi connectivity index (χ0) is 14.1. The predicted octanol–water partition coefficient (Wildman–Crippen LogP) is 3.00. The van der Waals surface area contributed by atoms with Gasteiger partial charge in [0.15, 0.2) is 0 Å². The number of nitrogens with zero attached hydrogens (tertiary/aromatic N) is 2. The zero-order valence-electron chi connectivity index (χ0n) is 13.2. The molecule has 0 N–H and O–H groups in total. The molecular formula is C15H32N2O. The Kier molecular flexibility index (Phi) is 9.08. The molecule has 0 bridgehead atoms. The molecular weight excluding hydrogens is 224 g/mol. The monoisotopic (exact) mass is 256 g/mol. The Labute approximate surface area is 114 Å². The standard InChI is InChI=1S/C11H20N2O.2C2H6/c1-9(2)13-7-10(8-13)11(14)12-5-3-4-6-12;2*1-2/h9-10H,3-8H2,1-2H3;2*1-2H3. The van der Waals surface area contributed by atoms with Gasteiger partial charge in [0, 0.05) is 32.2 Å². The summed E-state index contributed by atoms with van der Waals surface area (Å²) in [5.41, 5.74) is 0. The highest BCUT2D eigenvalue weighted by Gasteiger charge is 2.36. The second-order valence-corrected chi connectivity index (χ2v) is 4.78. The van der Waals surface area contributed by atoms with Gasteiger partial charge in [0.2, 0.25) is 5.91 Å². The van der Waals surface area contributed by atoms with Gasteiger partial charge in [-0.3, -0.25) is 9.69 Å². The molecule has 0 aromatic rings. The molecule has 2 heterocycles. The number of rotatable bonds is 2. The van der Waals surface area contributed by atoms with E-state index in [1.54, 1.807) is 0 Å². The van der Waals surface area contributed by atoms with Gasteiger partial charge in [-0.05, 0) is 26.7 Å². The van der Waals surface area contributed by atoms with Crippen molar-refractivity contribution in [1.82, 2.24) is 9.80 Å². The molecule has 0 unspecified atom stereocenters. The largest absolute Gasteiger partial charge is 0.342 e. The van der Waals surface area contributed by atoms with Crippen LogP contribution in [0.25, 0.3) is 0 Å². The average Bonchev–Trinajstić information content (AvgIpc) is 2.85. The molecule has 0 aromatic heterocycles. The minimum atomic E-state index is 0.301. The highest BCUT2D eigenvalue weighted by atomic mass is 16.2. The third kappa shape index (κ3) is 4.60. The summed E-state index contributed by atoms with van der Waals surface area (Å²) in [4.78, 5) is 16.3. The molecule has 0 aliphatic carbocycles. The second kappa shape index (κ2) is 9.37. The first-order valence-electron chi connectivity index (χ1n) is 7.71. The van der Waals surface area contributed by atoms with Crippen LogP contribution in [-0.4, -0.2) is 47.9 Å².